The summed E-state index contributed by atoms with van der Waals surface area (Å²) in [6, 6.07) is 0. The highest BCUT2D eigenvalue weighted by Gasteiger charge is 2.10. The molecule has 6 heteroatoms. The molecule has 1 rings (SSSR count). The Balaban J connectivity index is 2.43. The van der Waals surface area contributed by atoms with Crippen molar-refractivity contribution in [2.45, 2.75) is 44.9 Å². The molecule has 98 valence electrons. The third-order valence-electron chi connectivity index (χ3n) is 2.23. The summed E-state index contributed by atoms with van der Waals surface area (Å²) >= 11 is 1.68. The van der Waals surface area contributed by atoms with Gasteiger partial charge in [-0.2, -0.15) is 0 Å². The Morgan fingerprint density at radius 1 is 1.24 bits per heavy atom. The molecule has 0 amide bonds. The maximum atomic E-state index is 5.63. The van der Waals surface area contributed by atoms with Crippen LogP contribution in [0.3, 0.4) is 0 Å². The second kappa shape index (κ2) is 8.49. The minimum absolute atomic E-state index is 0.444. The van der Waals surface area contributed by atoms with Crippen LogP contribution in [0.1, 0.15) is 32.5 Å². The summed E-state index contributed by atoms with van der Waals surface area (Å²) in [4.78, 5) is 0. The Bertz CT molecular complexity index is 316. The first kappa shape index (κ1) is 14.5. The first-order valence-electron chi connectivity index (χ1n) is 6.16. The van der Waals surface area contributed by atoms with Gasteiger partial charge in [0.1, 0.15) is 5.82 Å². The molecular weight excluding hydrogens is 236 g/mol. The van der Waals surface area contributed by atoms with E-state index in [2.05, 4.69) is 28.6 Å². The van der Waals surface area contributed by atoms with E-state index in [1.54, 1.807) is 11.8 Å². The summed E-state index contributed by atoms with van der Waals surface area (Å²) < 4.78 is 7.54. The molecule has 1 aromatic rings. The van der Waals surface area contributed by atoms with Gasteiger partial charge in [0, 0.05) is 18.9 Å². The van der Waals surface area contributed by atoms with Crippen LogP contribution in [0.4, 0.5) is 0 Å². The molecule has 0 saturated carbocycles. The molecule has 17 heavy (non-hydrogen) atoms. The van der Waals surface area contributed by atoms with Crippen molar-refractivity contribution in [1.29, 1.82) is 0 Å². The van der Waals surface area contributed by atoms with Crippen molar-refractivity contribution in [3.05, 3.63) is 5.82 Å². The van der Waals surface area contributed by atoms with Gasteiger partial charge in [0.05, 0.1) is 13.2 Å². The van der Waals surface area contributed by atoms with Crippen molar-refractivity contribution in [2.75, 3.05) is 19.0 Å². The number of hydrogen-bond acceptors (Lipinski definition) is 5. The molecule has 0 aliphatic rings. The normalized spacial score (nSPS) is 11.0. The lowest BCUT2D eigenvalue weighted by atomic mass is 10.4. The lowest BCUT2D eigenvalue weighted by Crippen LogP contribution is -2.09. The molecule has 0 aliphatic carbocycles. The van der Waals surface area contributed by atoms with Gasteiger partial charge in [0.2, 0.25) is 0 Å². The molecule has 1 aromatic heterocycles. The molecule has 1 heterocycles. The quantitative estimate of drug-likeness (QED) is 0.539. The maximum Gasteiger partial charge on any atom is 0.191 e. The molecule has 0 bridgehead atoms. The van der Waals surface area contributed by atoms with Crippen LogP contribution in [0.5, 0.6) is 0 Å². The summed E-state index contributed by atoms with van der Waals surface area (Å²) in [5.41, 5.74) is 5.63. The van der Waals surface area contributed by atoms with E-state index in [1.807, 2.05) is 0 Å². The number of aromatic nitrogens is 3. The maximum absolute atomic E-state index is 5.63. The zero-order chi connectivity index (χ0) is 12.5. The Kier molecular flexibility index (Phi) is 7.23. The van der Waals surface area contributed by atoms with Crippen LogP contribution in [-0.4, -0.2) is 33.7 Å². The van der Waals surface area contributed by atoms with Gasteiger partial charge in [-0.15, -0.1) is 10.2 Å². The summed E-state index contributed by atoms with van der Waals surface area (Å²) in [6.45, 7) is 7.21. The predicted molar refractivity (Wildman–Crippen MR) is 70.0 cm³/mol. The van der Waals surface area contributed by atoms with Crippen molar-refractivity contribution in [2.24, 2.45) is 5.73 Å². The molecule has 0 unspecified atom stereocenters. The van der Waals surface area contributed by atoms with Crippen LogP contribution in [0, 0.1) is 0 Å². The van der Waals surface area contributed by atoms with Crippen LogP contribution in [0.2, 0.25) is 0 Å². The zero-order valence-corrected chi connectivity index (χ0v) is 11.5. The van der Waals surface area contributed by atoms with Crippen molar-refractivity contribution >= 4 is 11.8 Å². The molecule has 0 aromatic carbocycles. The Morgan fingerprint density at radius 2 is 2.06 bits per heavy atom. The summed E-state index contributed by atoms with van der Waals surface area (Å²) in [7, 11) is 0. The molecule has 5 nitrogen and oxygen atoms in total. The Morgan fingerprint density at radius 3 is 2.71 bits per heavy atom. The average Bonchev–Trinajstić information content (AvgIpc) is 2.72. The van der Waals surface area contributed by atoms with Gasteiger partial charge < -0.3 is 15.0 Å². The van der Waals surface area contributed by atoms with Crippen molar-refractivity contribution in [3.63, 3.8) is 0 Å². The number of nitrogens with two attached hydrogens (primary N) is 1. The number of hydrogen-bond donors (Lipinski definition) is 1. The molecular formula is C11H22N4OS. The van der Waals surface area contributed by atoms with E-state index in [9.17, 15) is 0 Å². The second-order valence-electron chi connectivity index (χ2n) is 3.72. The minimum Gasteiger partial charge on any atom is -0.381 e. The summed E-state index contributed by atoms with van der Waals surface area (Å²) in [6.07, 6.45) is 2.12. The van der Waals surface area contributed by atoms with Gasteiger partial charge in [-0.3, -0.25) is 0 Å². The third-order valence-corrected chi connectivity index (χ3v) is 3.16. The predicted octanol–water partition coefficient (Wildman–Crippen LogP) is 1.67. The number of thioether (sulfide) groups is 1. The lowest BCUT2D eigenvalue weighted by molar-refractivity contribution is 0.151. The van der Waals surface area contributed by atoms with E-state index in [-0.39, 0.29) is 0 Å². The molecule has 2 N–H and O–H groups in total. The highest BCUT2D eigenvalue weighted by molar-refractivity contribution is 7.99. The Labute approximate surface area is 107 Å². The molecule has 0 fully saturated rings. The SMILES string of the molecule is CCCOCCSc1nnc(CN)n1CCC. The monoisotopic (exact) mass is 258 g/mol. The highest BCUT2D eigenvalue weighted by Crippen LogP contribution is 2.17. The molecule has 0 radical (unpaired) electrons. The fourth-order valence-corrected chi connectivity index (χ4v) is 2.30. The molecule has 0 aliphatic heterocycles. The van der Waals surface area contributed by atoms with Crippen molar-refractivity contribution in [1.82, 2.24) is 14.8 Å². The smallest absolute Gasteiger partial charge is 0.191 e. The summed E-state index contributed by atoms with van der Waals surface area (Å²) in [5.74, 6) is 1.77. The first-order valence-corrected chi connectivity index (χ1v) is 7.14. The average molecular weight is 258 g/mol. The third kappa shape index (κ3) is 4.65. The fraction of sp³-hybridized carbons (Fsp3) is 0.818. The zero-order valence-electron chi connectivity index (χ0n) is 10.7. The minimum atomic E-state index is 0.444. The van der Waals surface area contributed by atoms with Gasteiger partial charge in [0.15, 0.2) is 5.16 Å². The van der Waals surface area contributed by atoms with Crippen molar-refractivity contribution in [3.8, 4) is 0 Å². The Hall–Kier alpha value is -0.590. The number of nitrogens with zero attached hydrogens (tertiary/aromatic N) is 3. The molecule has 0 spiro atoms. The standard InChI is InChI=1S/C11H22N4OS/c1-3-5-15-10(9-12)13-14-11(15)17-8-7-16-6-4-2/h3-9,12H2,1-2H3. The van der Waals surface area contributed by atoms with Crippen LogP contribution in [0.15, 0.2) is 5.16 Å². The van der Waals surface area contributed by atoms with Gasteiger partial charge in [0.25, 0.3) is 0 Å². The van der Waals surface area contributed by atoms with Crippen LogP contribution >= 0.6 is 11.8 Å². The van der Waals surface area contributed by atoms with Gasteiger partial charge in [-0.25, -0.2) is 0 Å². The van der Waals surface area contributed by atoms with Crippen LogP contribution < -0.4 is 5.73 Å². The second-order valence-corrected chi connectivity index (χ2v) is 4.78. The van der Waals surface area contributed by atoms with E-state index in [1.165, 1.54) is 0 Å². The van der Waals surface area contributed by atoms with Crippen LogP contribution in [-0.2, 0) is 17.8 Å². The molecule has 0 saturated heterocycles. The topological polar surface area (TPSA) is 66.0 Å². The van der Waals surface area contributed by atoms with Gasteiger partial charge >= 0.3 is 0 Å². The van der Waals surface area contributed by atoms with E-state index in [0.717, 1.165) is 49.3 Å². The number of rotatable bonds is 9. The van der Waals surface area contributed by atoms with Crippen LogP contribution in [0.25, 0.3) is 0 Å². The van der Waals surface area contributed by atoms with E-state index in [0.29, 0.717) is 6.54 Å². The highest BCUT2D eigenvalue weighted by atomic mass is 32.2. The molecule has 0 atom stereocenters. The fourth-order valence-electron chi connectivity index (χ4n) is 1.46. The first-order chi connectivity index (χ1) is 8.33. The van der Waals surface area contributed by atoms with E-state index < -0.39 is 0 Å². The van der Waals surface area contributed by atoms with E-state index in [4.69, 9.17) is 10.5 Å². The summed E-state index contributed by atoms with van der Waals surface area (Å²) in [5, 5.41) is 9.21. The van der Waals surface area contributed by atoms with Gasteiger partial charge in [-0.1, -0.05) is 25.6 Å². The van der Waals surface area contributed by atoms with E-state index >= 15 is 0 Å². The van der Waals surface area contributed by atoms with Crippen molar-refractivity contribution < 1.29 is 4.74 Å². The van der Waals surface area contributed by atoms with Gasteiger partial charge in [-0.05, 0) is 12.8 Å². The lowest BCUT2D eigenvalue weighted by Gasteiger charge is -2.07. The largest absolute Gasteiger partial charge is 0.381 e. The number of ether oxygens (including phenoxy) is 1.